The molecule has 0 amide bonds. The van der Waals surface area contributed by atoms with Crippen LogP contribution in [0.4, 0.5) is 4.39 Å². The van der Waals surface area contributed by atoms with Crippen LogP contribution >= 0.6 is 0 Å². The number of benzene rings is 3. The molecule has 0 fully saturated rings. The molecule has 0 unspecified atom stereocenters. The molecule has 2 heterocycles. The molecular formula is C25H20FN3O. The molecule has 3 aromatic carbocycles. The second-order valence-electron chi connectivity index (χ2n) is 7.59. The number of halogens is 1. The van der Waals surface area contributed by atoms with Crippen LogP contribution in [0.25, 0.3) is 21.9 Å². The fourth-order valence-corrected chi connectivity index (χ4v) is 4.00. The molecule has 0 aliphatic heterocycles. The van der Waals surface area contributed by atoms with Crippen molar-refractivity contribution in [3.8, 4) is 0 Å². The maximum atomic E-state index is 13.5. The Balaban J connectivity index is 1.70. The van der Waals surface area contributed by atoms with Gasteiger partial charge in [-0.15, -0.1) is 0 Å². The van der Waals surface area contributed by atoms with Crippen molar-refractivity contribution in [2.45, 2.75) is 20.0 Å². The quantitative estimate of drug-likeness (QED) is 0.433. The Bertz CT molecular complexity index is 1430. The van der Waals surface area contributed by atoms with Crippen LogP contribution < -0.4 is 5.56 Å². The summed E-state index contributed by atoms with van der Waals surface area (Å²) in [6.45, 7) is 2.99. The van der Waals surface area contributed by atoms with E-state index in [-0.39, 0.29) is 11.4 Å². The fourth-order valence-electron chi connectivity index (χ4n) is 4.00. The molecule has 2 aromatic heterocycles. The van der Waals surface area contributed by atoms with Gasteiger partial charge in [-0.2, -0.15) is 0 Å². The van der Waals surface area contributed by atoms with Crippen molar-refractivity contribution in [1.82, 2.24) is 14.1 Å². The van der Waals surface area contributed by atoms with Gasteiger partial charge in [-0.3, -0.25) is 9.36 Å². The Morgan fingerprint density at radius 1 is 0.900 bits per heavy atom. The minimum absolute atomic E-state index is 0.104. The summed E-state index contributed by atoms with van der Waals surface area (Å²) in [5.41, 5.74) is 5.33. The molecule has 0 aliphatic rings. The second kappa shape index (κ2) is 7.26. The van der Waals surface area contributed by atoms with Crippen molar-refractivity contribution < 1.29 is 4.39 Å². The molecule has 4 nitrogen and oxygen atoms in total. The highest BCUT2D eigenvalue weighted by Crippen LogP contribution is 2.26. The lowest BCUT2D eigenvalue weighted by atomic mass is 10.1. The van der Waals surface area contributed by atoms with E-state index < -0.39 is 0 Å². The Kier molecular flexibility index (Phi) is 4.43. The van der Waals surface area contributed by atoms with Crippen molar-refractivity contribution in [3.05, 3.63) is 112 Å². The molecule has 0 radical (unpaired) electrons. The van der Waals surface area contributed by atoms with E-state index in [2.05, 4.69) is 34.7 Å². The summed E-state index contributed by atoms with van der Waals surface area (Å²) in [6.07, 6.45) is 1.58. The van der Waals surface area contributed by atoms with Gasteiger partial charge in [-0.05, 0) is 36.2 Å². The molecule has 0 saturated heterocycles. The van der Waals surface area contributed by atoms with E-state index in [1.165, 1.54) is 17.7 Å². The van der Waals surface area contributed by atoms with Gasteiger partial charge in [-0.1, -0.05) is 60.2 Å². The van der Waals surface area contributed by atoms with E-state index in [1.807, 2.05) is 30.3 Å². The summed E-state index contributed by atoms with van der Waals surface area (Å²) in [7, 11) is 0. The van der Waals surface area contributed by atoms with E-state index >= 15 is 0 Å². The molecule has 30 heavy (non-hydrogen) atoms. The predicted molar refractivity (Wildman–Crippen MR) is 117 cm³/mol. The van der Waals surface area contributed by atoms with Crippen molar-refractivity contribution >= 4 is 21.9 Å². The molecule has 0 aliphatic carbocycles. The molecule has 0 spiro atoms. The van der Waals surface area contributed by atoms with Gasteiger partial charge in [0.2, 0.25) is 0 Å². The highest BCUT2D eigenvalue weighted by atomic mass is 19.1. The van der Waals surface area contributed by atoms with Gasteiger partial charge in [0.25, 0.3) is 5.56 Å². The van der Waals surface area contributed by atoms with Crippen LogP contribution in [0.15, 0.2) is 83.9 Å². The molecule has 5 rings (SSSR count). The van der Waals surface area contributed by atoms with Crippen molar-refractivity contribution in [3.63, 3.8) is 0 Å². The molecular weight excluding hydrogens is 377 g/mol. The summed E-state index contributed by atoms with van der Waals surface area (Å²) in [6, 6.07) is 22.4. The van der Waals surface area contributed by atoms with Crippen LogP contribution in [0.3, 0.4) is 0 Å². The number of hydrogen-bond acceptors (Lipinski definition) is 2. The SMILES string of the molecule is Cc1cccc(Cn2c3ccccc3c3ncn(Cc4ccc(F)cc4)c(=O)c32)c1. The summed E-state index contributed by atoms with van der Waals surface area (Å²) in [5.74, 6) is -0.294. The Hall–Kier alpha value is -3.73. The van der Waals surface area contributed by atoms with Gasteiger partial charge in [0, 0.05) is 11.9 Å². The second-order valence-corrected chi connectivity index (χ2v) is 7.59. The molecule has 0 bridgehead atoms. The summed E-state index contributed by atoms with van der Waals surface area (Å²) >= 11 is 0. The highest BCUT2D eigenvalue weighted by molar-refractivity contribution is 6.05. The van der Waals surface area contributed by atoms with Gasteiger partial charge in [0.05, 0.1) is 18.4 Å². The lowest BCUT2D eigenvalue weighted by molar-refractivity contribution is 0.626. The van der Waals surface area contributed by atoms with E-state index in [0.717, 1.165) is 22.0 Å². The zero-order valence-corrected chi connectivity index (χ0v) is 16.5. The molecule has 148 valence electrons. The van der Waals surface area contributed by atoms with Crippen LogP contribution in [0.5, 0.6) is 0 Å². The normalized spacial score (nSPS) is 11.4. The zero-order valence-electron chi connectivity index (χ0n) is 16.5. The molecule has 0 saturated carbocycles. The maximum Gasteiger partial charge on any atom is 0.278 e. The van der Waals surface area contributed by atoms with Crippen molar-refractivity contribution in [2.75, 3.05) is 0 Å². The van der Waals surface area contributed by atoms with E-state index in [4.69, 9.17) is 0 Å². The first kappa shape index (κ1) is 18.3. The smallest absolute Gasteiger partial charge is 0.278 e. The number of hydrogen-bond donors (Lipinski definition) is 0. The van der Waals surface area contributed by atoms with Gasteiger partial charge in [-0.25, -0.2) is 9.37 Å². The van der Waals surface area contributed by atoms with E-state index in [0.29, 0.717) is 24.1 Å². The first-order chi connectivity index (χ1) is 14.6. The Labute approximate surface area is 172 Å². The minimum atomic E-state index is -0.294. The van der Waals surface area contributed by atoms with Crippen LogP contribution in [0.1, 0.15) is 16.7 Å². The topological polar surface area (TPSA) is 39.8 Å². The molecule has 0 atom stereocenters. The fraction of sp³-hybridized carbons (Fsp3) is 0.120. The molecule has 5 aromatic rings. The number of fused-ring (bicyclic) bond motifs is 3. The van der Waals surface area contributed by atoms with E-state index in [9.17, 15) is 9.18 Å². The van der Waals surface area contributed by atoms with E-state index in [1.54, 1.807) is 23.0 Å². The van der Waals surface area contributed by atoms with Gasteiger partial charge in [0.15, 0.2) is 0 Å². The third-order valence-electron chi connectivity index (χ3n) is 5.42. The third-order valence-corrected chi connectivity index (χ3v) is 5.42. The highest BCUT2D eigenvalue weighted by Gasteiger charge is 2.16. The number of nitrogens with zero attached hydrogens (tertiary/aromatic N) is 3. The van der Waals surface area contributed by atoms with Crippen LogP contribution in [0.2, 0.25) is 0 Å². The van der Waals surface area contributed by atoms with Gasteiger partial charge < -0.3 is 4.57 Å². The first-order valence-corrected chi connectivity index (χ1v) is 9.86. The summed E-state index contributed by atoms with van der Waals surface area (Å²) in [4.78, 5) is 18.1. The van der Waals surface area contributed by atoms with Crippen LogP contribution in [0, 0.1) is 12.7 Å². The van der Waals surface area contributed by atoms with Gasteiger partial charge >= 0.3 is 0 Å². The zero-order chi connectivity index (χ0) is 20.7. The Morgan fingerprint density at radius 3 is 2.50 bits per heavy atom. The first-order valence-electron chi connectivity index (χ1n) is 9.86. The third kappa shape index (κ3) is 3.18. The standard InChI is InChI=1S/C25H20FN3O/c1-17-5-4-6-19(13-17)15-29-22-8-3-2-7-21(22)23-24(29)25(30)28(16-27-23)14-18-9-11-20(26)12-10-18/h2-13,16H,14-15H2,1H3. The van der Waals surface area contributed by atoms with Crippen molar-refractivity contribution in [2.24, 2.45) is 0 Å². The van der Waals surface area contributed by atoms with Gasteiger partial charge in [0.1, 0.15) is 16.9 Å². The minimum Gasteiger partial charge on any atom is -0.330 e. The largest absolute Gasteiger partial charge is 0.330 e. The number of aryl methyl sites for hydroxylation is 1. The predicted octanol–water partition coefficient (Wildman–Crippen LogP) is 4.90. The maximum absolute atomic E-state index is 13.5. The van der Waals surface area contributed by atoms with Crippen LogP contribution in [-0.4, -0.2) is 14.1 Å². The average Bonchev–Trinajstić information content (AvgIpc) is 3.06. The average molecular weight is 397 g/mol. The number of rotatable bonds is 4. The lowest BCUT2D eigenvalue weighted by Gasteiger charge is -2.10. The van der Waals surface area contributed by atoms with Crippen LogP contribution in [-0.2, 0) is 13.1 Å². The monoisotopic (exact) mass is 397 g/mol. The van der Waals surface area contributed by atoms with Crippen molar-refractivity contribution in [1.29, 1.82) is 0 Å². The number of aromatic nitrogens is 3. The summed E-state index contributed by atoms with van der Waals surface area (Å²) in [5, 5.41) is 0.964. The Morgan fingerprint density at radius 2 is 1.70 bits per heavy atom. The number of para-hydroxylation sites is 1. The lowest BCUT2D eigenvalue weighted by Crippen LogP contribution is -2.23. The summed E-state index contributed by atoms with van der Waals surface area (Å²) < 4.78 is 16.9. The molecule has 5 heteroatoms. The molecule has 0 N–H and O–H groups in total.